The number of aromatic nitrogens is 1. The fraction of sp³-hybridized carbons (Fsp3) is 0.286. The van der Waals surface area contributed by atoms with Crippen LogP contribution >= 0.6 is 11.3 Å². The lowest BCUT2D eigenvalue weighted by Crippen LogP contribution is -2.32. The highest BCUT2D eigenvalue weighted by atomic mass is 32.1. The average molecular weight is 273 g/mol. The Morgan fingerprint density at radius 2 is 2.37 bits per heavy atom. The minimum absolute atomic E-state index is 0.0835. The Morgan fingerprint density at radius 1 is 1.53 bits per heavy atom. The van der Waals surface area contributed by atoms with Crippen LogP contribution < -0.4 is 5.32 Å². The van der Waals surface area contributed by atoms with Crippen LogP contribution in [0.5, 0.6) is 0 Å². The van der Waals surface area contributed by atoms with Gasteiger partial charge in [-0.2, -0.15) is 0 Å². The number of para-hydroxylation sites is 1. The number of fused-ring (bicyclic) bond motifs is 1. The van der Waals surface area contributed by atoms with E-state index < -0.39 is 0 Å². The van der Waals surface area contributed by atoms with Gasteiger partial charge in [-0.25, -0.2) is 4.98 Å². The van der Waals surface area contributed by atoms with Crippen molar-refractivity contribution < 1.29 is 4.79 Å². The molecule has 1 N–H and O–H groups in total. The Labute approximate surface area is 116 Å². The summed E-state index contributed by atoms with van der Waals surface area (Å²) in [5.41, 5.74) is 4.90. The molecule has 0 bridgehead atoms. The van der Waals surface area contributed by atoms with Gasteiger partial charge < -0.3 is 10.2 Å². The molecule has 2 heterocycles. The molecule has 3 rings (SSSR count). The topological polar surface area (TPSA) is 45.2 Å². The van der Waals surface area contributed by atoms with Gasteiger partial charge in [0, 0.05) is 24.7 Å². The second-order valence-electron chi connectivity index (χ2n) is 4.69. The van der Waals surface area contributed by atoms with Crippen LogP contribution in [-0.4, -0.2) is 29.4 Å². The molecule has 0 fully saturated rings. The van der Waals surface area contributed by atoms with Gasteiger partial charge in [-0.3, -0.25) is 4.79 Å². The van der Waals surface area contributed by atoms with Gasteiger partial charge in [0.2, 0.25) is 5.91 Å². The fourth-order valence-corrected chi connectivity index (χ4v) is 2.96. The summed E-state index contributed by atoms with van der Waals surface area (Å²) in [6, 6.07) is 8.00. The van der Waals surface area contributed by atoms with Crippen LogP contribution in [0.4, 0.5) is 5.69 Å². The number of hydrogen-bond donors (Lipinski definition) is 1. The summed E-state index contributed by atoms with van der Waals surface area (Å²) in [6.45, 7) is 1.25. The summed E-state index contributed by atoms with van der Waals surface area (Å²) in [5, 5.41) is 5.26. The third-order valence-corrected chi connectivity index (χ3v) is 4.03. The molecule has 1 unspecified atom stereocenters. The highest BCUT2D eigenvalue weighted by Crippen LogP contribution is 2.32. The molecule has 19 heavy (non-hydrogen) atoms. The zero-order valence-electron chi connectivity index (χ0n) is 10.7. The maximum absolute atomic E-state index is 12.5. The van der Waals surface area contributed by atoms with E-state index >= 15 is 0 Å². The van der Waals surface area contributed by atoms with Gasteiger partial charge in [0.05, 0.1) is 23.7 Å². The van der Waals surface area contributed by atoms with E-state index in [1.54, 1.807) is 21.7 Å². The second-order valence-corrected chi connectivity index (χ2v) is 5.41. The number of nitrogens with zero attached hydrogens (tertiary/aromatic N) is 2. The minimum Gasteiger partial charge on any atom is -0.384 e. The molecule has 1 aromatic carbocycles. The Kier molecular flexibility index (Phi) is 3.21. The zero-order chi connectivity index (χ0) is 13.2. The van der Waals surface area contributed by atoms with Crippen LogP contribution in [-0.2, 0) is 11.3 Å². The number of carbonyl (C=O) groups excluding carboxylic acids is 1. The second kappa shape index (κ2) is 5.01. The smallest absolute Gasteiger partial charge is 0.232 e. The molecule has 0 aliphatic carbocycles. The van der Waals surface area contributed by atoms with E-state index in [1.165, 1.54) is 0 Å². The molecular formula is C14H15N3OS. The van der Waals surface area contributed by atoms with E-state index in [9.17, 15) is 4.79 Å². The number of likely N-dealkylation sites (N-methyl/N-ethyl adjacent to an activating group) is 1. The molecule has 1 atom stereocenters. The SMILES string of the molecule is CN(Cc1cscn1)C(=O)C1CNc2ccccc21. The summed E-state index contributed by atoms with van der Waals surface area (Å²) in [6.07, 6.45) is 0. The number of benzene rings is 1. The molecule has 0 radical (unpaired) electrons. The molecular weight excluding hydrogens is 258 g/mol. The summed E-state index contributed by atoms with van der Waals surface area (Å²) >= 11 is 1.55. The van der Waals surface area contributed by atoms with Crippen LogP contribution in [0.25, 0.3) is 0 Å². The van der Waals surface area contributed by atoms with Gasteiger partial charge in [-0.15, -0.1) is 11.3 Å². The van der Waals surface area contributed by atoms with Crippen LogP contribution in [0.2, 0.25) is 0 Å². The first-order valence-corrected chi connectivity index (χ1v) is 7.15. The molecule has 98 valence electrons. The first-order valence-electron chi connectivity index (χ1n) is 6.20. The molecule has 0 saturated carbocycles. The van der Waals surface area contributed by atoms with Crippen LogP contribution in [0.3, 0.4) is 0 Å². The van der Waals surface area contributed by atoms with Gasteiger partial charge in [0.25, 0.3) is 0 Å². The minimum atomic E-state index is -0.0835. The highest BCUT2D eigenvalue weighted by molar-refractivity contribution is 7.07. The van der Waals surface area contributed by atoms with E-state index in [4.69, 9.17) is 0 Å². The standard InChI is InChI=1S/C14H15N3OS/c1-17(7-10-8-19-9-16-10)14(18)12-6-15-13-5-3-2-4-11(12)13/h2-5,8-9,12,15H,6-7H2,1H3. The third kappa shape index (κ3) is 2.33. The van der Waals surface area contributed by atoms with Gasteiger partial charge in [-0.1, -0.05) is 18.2 Å². The van der Waals surface area contributed by atoms with Crippen LogP contribution in [0.1, 0.15) is 17.2 Å². The predicted molar refractivity (Wildman–Crippen MR) is 76.3 cm³/mol. The lowest BCUT2D eigenvalue weighted by molar-refractivity contribution is -0.131. The van der Waals surface area contributed by atoms with Crippen molar-refractivity contribution in [2.24, 2.45) is 0 Å². The molecule has 0 saturated heterocycles. The van der Waals surface area contributed by atoms with Crippen molar-refractivity contribution in [3.63, 3.8) is 0 Å². The summed E-state index contributed by atoms with van der Waals surface area (Å²) in [5.74, 6) is 0.0604. The summed E-state index contributed by atoms with van der Waals surface area (Å²) < 4.78 is 0. The Hall–Kier alpha value is -1.88. The maximum atomic E-state index is 12.5. The van der Waals surface area contributed by atoms with Gasteiger partial charge >= 0.3 is 0 Å². The predicted octanol–water partition coefficient (Wildman–Crippen LogP) is 2.31. The highest BCUT2D eigenvalue weighted by Gasteiger charge is 2.30. The number of rotatable bonds is 3. The monoisotopic (exact) mass is 273 g/mol. The van der Waals surface area contributed by atoms with E-state index in [1.807, 2.05) is 36.7 Å². The molecule has 0 spiro atoms. The van der Waals surface area contributed by atoms with Crippen molar-refractivity contribution in [3.05, 3.63) is 46.4 Å². The number of thiazole rings is 1. The lowest BCUT2D eigenvalue weighted by Gasteiger charge is -2.20. The fourth-order valence-electron chi connectivity index (χ4n) is 2.41. The molecule has 1 aromatic heterocycles. The van der Waals surface area contributed by atoms with Gasteiger partial charge in [-0.05, 0) is 11.6 Å². The lowest BCUT2D eigenvalue weighted by atomic mass is 10.00. The average Bonchev–Trinajstić information content (AvgIpc) is 3.06. The normalized spacial score (nSPS) is 16.8. The molecule has 5 heteroatoms. The Bertz CT molecular complexity index is 582. The first kappa shape index (κ1) is 12.2. The van der Waals surface area contributed by atoms with Gasteiger partial charge in [0.15, 0.2) is 0 Å². The Morgan fingerprint density at radius 3 is 3.16 bits per heavy atom. The molecule has 1 aliphatic rings. The Balaban J connectivity index is 1.74. The van der Waals surface area contributed by atoms with E-state index in [0.29, 0.717) is 13.1 Å². The number of hydrogen-bond acceptors (Lipinski definition) is 4. The van der Waals surface area contributed by atoms with Crippen molar-refractivity contribution >= 4 is 22.9 Å². The van der Waals surface area contributed by atoms with Crippen molar-refractivity contribution in [2.45, 2.75) is 12.5 Å². The third-order valence-electron chi connectivity index (χ3n) is 3.39. The van der Waals surface area contributed by atoms with E-state index in [2.05, 4.69) is 10.3 Å². The largest absolute Gasteiger partial charge is 0.384 e. The zero-order valence-corrected chi connectivity index (χ0v) is 11.5. The number of anilines is 1. The van der Waals surface area contributed by atoms with Crippen LogP contribution in [0.15, 0.2) is 35.2 Å². The maximum Gasteiger partial charge on any atom is 0.232 e. The van der Waals surface area contributed by atoms with Crippen molar-refractivity contribution in [2.75, 3.05) is 18.9 Å². The van der Waals surface area contributed by atoms with Gasteiger partial charge in [0.1, 0.15) is 0 Å². The summed E-state index contributed by atoms with van der Waals surface area (Å²) in [4.78, 5) is 18.5. The quantitative estimate of drug-likeness (QED) is 0.933. The molecule has 1 amide bonds. The summed E-state index contributed by atoms with van der Waals surface area (Å²) in [7, 11) is 1.84. The number of nitrogens with one attached hydrogen (secondary N) is 1. The van der Waals surface area contributed by atoms with Crippen molar-refractivity contribution in [1.82, 2.24) is 9.88 Å². The van der Waals surface area contributed by atoms with E-state index in [-0.39, 0.29) is 11.8 Å². The van der Waals surface area contributed by atoms with Crippen molar-refractivity contribution in [3.8, 4) is 0 Å². The molecule has 4 nitrogen and oxygen atoms in total. The number of carbonyl (C=O) groups is 1. The number of amides is 1. The molecule has 1 aliphatic heterocycles. The van der Waals surface area contributed by atoms with Crippen molar-refractivity contribution in [1.29, 1.82) is 0 Å². The van der Waals surface area contributed by atoms with E-state index in [0.717, 1.165) is 16.9 Å². The first-order chi connectivity index (χ1) is 9.25. The molecule has 2 aromatic rings. The van der Waals surface area contributed by atoms with Crippen LogP contribution in [0, 0.1) is 0 Å².